The van der Waals surface area contributed by atoms with Gasteiger partial charge < -0.3 is 14.8 Å². The lowest BCUT2D eigenvalue weighted by Gasteiger charge is -2.43. The number of anilines is 1. The van der Waals surface area contributed by atoms with E-state index in [1.54, 1.807) is 13.8 Å². The van der Waals surface area contributed by atoms with Crippen LogP contribution in [-0.2, 0) is 30.3 Å². The van der Waals surface area contributed by atoms with Crippen molar-refractivity contribution in [3.8, 4) is 0 Å². The van der Waals surface area contributed by atoms with Crippen LogP contribution in [0, 0.1) is 5.41 Å². The smallest absolute Gasteiger partial charge is 0.322 e. The average molecular weight is 373 g/mol. The molecular weight excluding hydrogens is 346 g/mol. The van der Waals surface area contributed by atoms with E-state index < -0.39 is 23.6 Å². The zero-order chi connectivity index (χ0) is 20.2. The maximum Gasteiger partial charge on any atom is 0.322 e. The molecule has 146 valence electrons. The highest BCUT2D eigenvalue weighted by Gasteiger charge is 2.56. The summed E-state index contributed by atoms with van der Waals surface area (Å²) < 4.78 is 11.0. The number of ketones is 1. The van der Waals surface area contributed by atoms with Crippen molar-refractivity contribution in [2.75, 3.05) is 12.4 Å². The highest BCUT2D eigenvalue weighted by atomic mass is 16.5. The summed E-state index contributed by atoms with van der Waals surface area (Å²) in [6.07, 6.45) is 0.380. The number of rotatable bonds is 6. The molecule has 1 aliphatic heterocycles. The van der Waals surface area contributed by atoms with Gasteiger partial charge in [0.2, 0.25) is 5.91 Å². The first-order valence-corrected chi connectivity index (χ1v) is 9.10. The Hall–Kier alpha value is -2.47. The highest BCUT2D eigenvalue weighted by Crippen LogP contribution is 2.42. The van der Waals surface area contributed by atoms with Gasteiger partial charge >= 0.3 is 5.97 Å². The molecule has 6 nitrogen and oxygen atoms in total. The van der Waals surface area contributed by atoms with Crippen molar-refractivity contribution >= 4 is 23.3 Å². The quantitative estimate of drug-likeness (QED) is 0.471. The number of esters is 1. The fourth-order valence-corrected chi connectivity index (χ4v) is 3.57. The molecule has 1 aliphatic rings. The fraction of sp³-hybridized carbons (Fsp3) is 0.476. The van der Waals surface area contributed by atoms with Gasteiger partial charge in [0.25, 0.3) is 0 Å². The van der Waals surface area contributed by atoms with Crippen LogP contribution in [0.2, 0.25) is 0 Å². The summed E-state index contributed by atoms with van der Waals surface area (Å²) in [5.41, 5.74) is 0.692. The molecule has 1 unspecified atom stereocenters. The van der Waals surface area contributed by atoms with E-state index in [0.717, 1.165) is 11.3 Å². The molecule has 0 radical (unpaired) electrons. The number of amides is 1. The first-order chi connectivity index (χ1) is 12.8. The molecule has 1 aromatic rings. The Kier molecular flexibility index (Phi) is 6.54. The lowest BCUT2D eigenvalue weighted by molar-refractivity contribution is -0.178. The molecule has 6 heteroatoms. The summed E-state index contributed by atoms with van der Waals surface area (Å²) in [5, 5.41) is 2.72. The number of aryl methyl sites for hydroxylation is 1. The van der Waals surface area contributed by atoms with Crippen molar-refractivity contribution in [1.82, 2.24) is 0 Å². The molecule has 3 atom stereocenters. The van der Waals surface area contributed by atoms with Crippen molar-refractivity contribution in [2.24, 2.45) is 5.41 Å². The molecule has 0 bridgehead atoms. The summed E-state index contributed by atoms with van der Waals surface area (Å²) in [5.74, 6) is -0.993. The monoisotopic (exact) mass is 373 g/mol. The van der Waals surface area contributed by atoms with Gasteiger partial charge in [-0.2, -0.15) is 0 Å². The number of carbonyl (C=O) groups excluding carboxylic acids is 3. The zero-order valence-electron chi connectivity index (χ0n) is 16.3. The van der Waals surface area contributed by atoms with Gasteiger partial charge in [0.1, 0.15) is 0 Å². The van der Waals surface area contributed by atoms with Crippen molar-refractivity contribution in [3.63, 3.8) is 0 Å². The van der Waals surface area contributed by atoms with Gasteiger partial charge in [0.05, 0.1) is 19.3 Å². The van der Waals surface area contributed by atoms with Gasteiger partial charge in [-0.3, -0.25) is 14.4 Å². The number of nitrogens with one attached hydrogen (secondary N) is 1. The van der Waals surface area contributed by atoms with Crippen LogP contribution in [0.4, 0.5) is 5.69 Å². The number of Topliss-reactive ketones (excluding diaryl/α,β-unsaturated/α-hetero) is 1. The van der Waals surface area contributed by atoms with Gasteiger partial charge in [-0.25, -0.2) is 0 Å². The van der Waals surface area contributed by atoms with E-state index in [1.807, 2.05) is 24.3 Å². The summed E-state index contributed by atoms with van der Waals surface area (Å²) in [4.78, 5) is 36.6. The van der Waals surface area contributed by atoms with Crippen molar-refractivity contribution in [2.45, 2.75) is 52.2 Å². The molecular formula is C21H27NO5. The van der Waals surface area contributed by atoms with Gasteiger partial charge in [-0.05, 0) is 43.9 Å². The Morgan fingerprint density at radius 1 is 1.30 bits per heavy atom. The second kappa shape index (κ2) is 8.48. The molecule has 1 heterocycles. The largest absolute Gasteiger partial charge is 0.468 e. The third kappa shape index (κ3) is 4.11. The maximum atomic E-state index is 12.9. The molecule has 0 aliphatic carbocycles. The van der Waals surface area contributed by atoms with Crippen LogP contribution in [0.15, 0.2) is 36.4 Å². The average Bonchev–Trinajstić information content (AvgIpc) is 2.65. The Morgan fingerprint density at radius 2 is 1.93 bits per heavy atom. The standard InChI is InChI=1S/C21H27NO5/c1-6-21(20(25)26-5)18(27-14(3)13(2)19(21)24)12-9-16-7-10-17(11-8-16)22-15(4)23/h7-8,10-11,14,18H,2,6,9,12H2,1,3-5H3,(H,22,23)/t14-,18?,21-/m1/s1. The zero-order valence-corrected chi connectivity index (χ0v) is 16.3. The van der Waals surface area contributed by atoms with E-state index in [0.29, 0.717) is 18.4 Å². The third-order valence-electron chi connectivity index (χ3n) is 5.18. The number of benzene rings is 1. The van der Waals surface area contributed by atoms with Crippen LogP contribution in [-0.4, -0.2) is 37.0 Å². The van der Waals surface area contributed by atoms with Crippen molar-refractivity contribution in [1.29, 1.82) is 0 Å². The Balaban J connectivity index is 2.20. The second-order valence-corrected chi connectivity index (χ2v) is 6.85. The fourth-order valence-electron chi connectivity index (χ4n) is 3.57. The first kappa shape index (κ1) is 20.8. The summed E-state index contributed by atoms with van der Waals surface area (Å²) in [7, 11) is 1.28. The Bertz CT molecular complexity index is 739. The number of carbonyl (C=O) groups is 3. The molecule has 27 heavy (non-hydrogen) atoms. The molecule has 1 saturated heterocycles. The van der Waals surface area contributed by atoms with Gasteiger partial charge in [-0.15, -0.1) is 0 Å². The highest BCUT2D eigenvalue weighted by molar-refractivity contribution is 6.13. The van der Waals surface area contributed by atoms with Crippen LogP contribution in [0.1, 0.15) is 39.2 Å². The van der Waals surface area contributed by atoms with E-state index in [-0.39, 0.29) is 18.1 Å². The van der Waals surface area contributed by atoms with E-state index in [1.165, 1.54) is 14.0 Å². The molecule has 2 rings (SSSR count). The van der Waals surface area contributed by atoms with Gasteiger partial charge in [0.15, 0.2) is 11.2 Å². The van der Waals surface area contributed by atoms with E-state index in [9.17, 15) is 14.4 Å². The summed E-state index contributed by atoms with van der Waals surface area (Å²) >= 11 is 0. The number of hydrogen-bond donors (Lipinski definition) is 1. The molecule has 0 aromatic heterocycles. The van der Waals surface area contributed by atoms with Crippen LogP contribution in [0.3, 0.4) is 0 Å². The number of ether oxygens (including phenoxy) is 2. The molecule has 0 saturated carbocycles. The molecule has 1 fully saturated rings. The van der Waals surface area contributed by atoms with Crippen LogP contribution < -0.4 is 5.32 Å². The lowest BCUT2D eigenvalue weighted by atomic mass is 9.69. The van der Waals surface area contributed by atoms with Gasteiger partial charge in [0, 0.05) is 18.2 Å². The minimum absolute atomic E-state index is 0.128. The summed E-state index contributed by atoms with van der Waals surface area (Å²) in [6.45, 7) is 8.82. The topological polar surface area (TPSA) is 81.7 Å². The maximum absolute atomic E-state index is 12.9. The first-order valence-electron chi connectivity index (χ1n) is 9.10. The predicted molar refractivity (Wildman–Crippen MR) is 102 cm³/mol. The normalized spacial score (nSPS) is 25.2. The van der Waals surface area contributed by atoms with Crippen LogP contribution >= 0.6 is 0 Å². The second-order valence-electron chi connectivity index (χ2n) is 6.85. The van der Waals surface area contributed by atoms with E-state index in [4.69, 9.17) is 9.47 Å². The van der Waals surface area contributed by atoms with E-state index >= 15 is 0 Å². The minimum Gasteiger partial charge on any atom is -0.468 e. The molecule has 1 aromatic carbocycles. The summed E-state index contributed by atoms with van der Waals surface area (Å²) in [6, 6.07) is 7.46. The number of hydrogen-bond acceptors (Lipinski definition) is 5. The van der Waals surface area contributed by atoms with Crippen molar-refractivity contribution in [3.05, 3.63) is 42.0 Å². The van der Waals surface area contributed by atoms with Crippen molar-refractivity contribution < 1.29 is 23.9 Å². The SMILES string of the molecule is C=C1C(=O)[C@](CC)(C(=O)OC)C(CCc2ccc(NC(C)=O)cc2)O[C@@H]1C. The molecule has 1 N–H and O–H groups in total. The minimum atomic E-state index is -1.35. The van der Waals surface area contributed by atoms with E-state index in [2.05, 4.69) is 11.9 Å². The Labute approximate surface area is 159 Å². The lowest BCUT2D eigenvalue weighted by Crippen LogP contribution is -2.56. The molecule has 0 spiro atoms. The molecule has 1 amide bonds. The third-order valence-corrected chi connectivity index (χ3v) is 5.18. The van der Waals surface area contributed by atoms with Crippen LogP contribution in [0.25, 0.3) is 0 Å². The van der Waals surface area contributed by atoms with Crippen LogP contribution in [0.5, 0.6) is 0 Å². The Morgan fingerprint density at radius 3 is 2.44 bits per heavy atom. The van der Waals surface area contributed by atoms with Gasteiger partial charge in [-0.1, -0.05) is 25.6 Å². The predicted octanol–water partition coefficient (Wildman–Crippen LogP) is 3.06. The number of methoxy groups -OCH3 is 1.